The number of hydrogen-bond acceptors (Lipinski definition) is 7. The van der Waals surface area contributed by atoms with Gasteiger partial charge in [-0.2, -0.15) is 0 Å². The summed E-state index contributed by atoms with van der Waals surface area (Å²) in [6.07, 6.45) is 0.706. The highest BCUT2D eigenvalue weighted by atomic mass is 35.5. The fraction of sp³-hybridized carbons (Fsp3) is 0.294. The molecule has 2 bridgehead atoms. The van der Waals surface area contributed by atoms with Crippen molar-refractivity contribution in [1.82, 2.24) is 4.98 Å². The van der Waals surface area contributed by atoms with E-state index in [1.165, 1.54) is 29.2 Å². The number of nitrogens with one attached hydrogen (secondary N) is 2. The van der Waals surface area contributed by atoms with Crippen molar-refractivity contribution in [1.29, 1.82) is 0 Å². The largest absolute Gasteiger partial charge is 0.483 e. The zero-order chi connectivity index (χ0) is 31.9. The first kappa shape index (κ1) is 29.5. The number of anilines is 2. The number of rotatable bonds is 6. The maximum absolute atomic E-state index is 14.0. The van der Waals surface area contributed by atoms with Crippen LogP contribution in [0.4, 0.5) is 15.8 Å². The Labute approximate surface area is 276 Å². The second-order valence-electron chi connectivity index (χ2n) is 12.3. The molecule has 12 heteroatoms. The lowest BCUT2D eigenvalue weighted by molar-refractivity contribution is -0.123. The molecule has 7 atom stereocenters. The third-order valence-electron chi connectivity index (χ3n) is 9.78. The highest BCUT2D eigenvalue weighted by Crippen LogP contribution is 2.69. The fourth-order valence-electron chi connectivity index (χ4n) is 8.17. The second-order valence-corrected chi connectivity index (χ2v) is 15.0. The lowest BCUT2D eigenvalue weighted by Gasteiger charge is -2.43. The van der Waals surface area contributed by atoms with Crippen LogP contribution in [0.1, 0.15) is 28.3 Å². The van der Waals surface area contributed by atoms with Crippen LogP contribution in [0.15, 0.2) is 76.6 Å². The summed E-state index contributed by atoms with van der Waals surface area (Å²) in [6.45, 7) is 1.70. The van der Waals surface area contributed by atoms with Crippen molar-refractivity contribution in [2.45, 2.75) is 29.5 Å². The molecular formula is C34H27ClFN3O5S2. The summed E-state index contributed by atoms with van der Waals surface area (Å²) in [5.41, 5.74) is 2.79. The van der Waals surface area contributed by atoms with Crippen LogP contribution in [0.2, 0.25) is 5.02 Å². The third kappa shape index (κ3) is 4.70. The predicted molar refractivity (Wildman–Crippen MR) is 174 cm³/mol. The first-order valence-electron chi connectivity index (χ1n) is 15.0. The first-order chi connectivity index (χ1) is 22.2. The van der Waals surface area contributed by atoms with Gasteiger partial charge in [0.2, 0.25) is 11.8 Å². The summed E-state index contributed by atoms with van der Waals surface area (Å²) in [6, 6.07) is 18.2. The number of hydrogen-bond donors (Lipinski definition) is 2. The number of imide groups is 1. The normalized spacial score (nSPS) is 27.4. The molecule has 2 N–H and O–H groups in total. The van der Waals surface area contributed by atoms with E-state index in [2.05, 4.69) is 10.3 Å². The quantitative estimate of drug-likeness (QED) is 0.235. The molecule has 8 rings (SSSR count). The van der Waals surface area contributed by atoms with Gasteiger partial charge >= 0.3 is 4.87 Å². The molecule has 1 saturated heterocycles. The number of nitrogens with zero attached hydrogens (tertiary/aromatic N) is 1. The molecule has 4 aliphatic rings. The molecule has 4 aromatic rings. The van der Waals surface area contributed by atoms with Crippen LogP contribution in [-0.4, -0.2) is 34.6 Å². The number of aryl methyl sites for hydroxylation is 1. The van der Waals surface area contributed by atoms with E-state index in [9.17, 15) is 23.6 Å². The highest BCUT2D eigenvalue weighted by Gasteiger charge is 2.69. The van der Waals surface area contributed by atoms with E-state index in [1.54, 1.807) is 23.9 Å². The van der Waals surface area contributed by atoms with Gasteiger partial charge in [0, 0.05) is 32.3 Å². The zero-order valence-electron chi connectivity index (χ0n) is 24.4. The molecule has 3 aromatic carbocycles. The average Bonchev–Trinajstić information content (AvgIpc) is 3.76. The van der Waals surface area contributed by atoms with E-state index in [4.69, 9.17) is 16.3 Å². The summed E-state index contributed by atoms with van der Waals surface area (Å²) < 4.78 is 19.8. The van der Waals surface area contributed by atoms with Crippen molar-refractivity contribution in [3.63, 3.8) is 0 Å². The molecule has 2 aliphatic heterocycles. The molecule has 3 amide bonds. The van der Waals surface area contributed by atoms with E-state index < -0.39 is 17.7 Å². The minimum Gasteiger partial charge on any atom is -0.483 e. The Kier molecular flexibility index (Phi) is 7.11. The molecule has 0 spiro atoms. The molecule has 4 unspecified atom stereocenters. The van der Waals surface area contributed by atoms with Crippen molar-refractivity contribution in [3.8, 4) is 5.75 Å². The molecule has 2 aliphatic carbocycles. The molecule has 2 saturated carbocycles. The maximum atomic E-state index is 14.0. The van der Waals surface area contributed by atoms with E-state index in [1.807, 2.05) is 37.3 Å². The number of thiazole rings is 1. The number of halogens is 2. The molecule has 0 radical (unpaired) electrons. The van der Waals surface area contributed by atoms with Gasteiger partial charge in [-0.25, -0.2) is 4.39 Å². The molecule has 234 valence electrons. The van der Waals surface area contributed by atoms with Gasteiger partial charge in [0.15, 0.2) is 6.61 Å². The Morgan fingerprint density at radius 1 is 1.04 bits per heavy atom. The smallest absolute Gasteiger partial charge is 0.305 e. The zero-order valence-corrected chi connectivity index (χ0v) is 26.8. The number of ether oxygens (including phenoxy) is 1. The van der Waals surface area contributed by atoms with Crippen LogP contribution in [0.3, 0.4) is 0 Å². The number of amides is 3. The molecule has 3 fully saturated rings. The Morgan fingerprint density at radius 2 is 1.80 bits per heavy atom. The van der Waals surface area contributed by atoms with E-state index in [0.717, 1.165) is 32.4 Å². The number of carbonyl (C=O) groups is 3. The van der Waals surface area contributed by atoms with Gasteiger partial charge in [-0.1, -0.05) is 35.1 Å². The molecule has 8 nitrogen and oxygen atoms in total. The van der Waals surface area contributed by atoms with Gasteiger partial charge in [-0.05, 0) is 91.3 Å². The summed E-state index contributed by atoms with van der Waals surface area (Å²) in [7, 11) is 0. The molecule has 3 heterocycles. The van der Waals surface area contributed by atoms with Crippen LogP contribution in [0, 0.1) is 42.3 Å². The van der Waals surface area contributed by atoms with Crippen LogP contribution in [0.25, 0.3) is 0 Å². The van der Waals surface area contributed by atoms with Gasteiger partial charge in [0.1, 0.15) is 11.6 Å². The van der Waals surface area contributed by atoms with Gasteiger partial charge in [0.25, 0.3) is 5.91 Å². The average molecular weight is 676 g/mol. The lowest BCUT2D eigenvalue weighted by Crippen LogP contribution is -2.42. The van der Waals surface area contributed by atoms with E-state index in [0.29, 0.717) is 28.6 Å². The number of benzene rings is 3. The summed E-state index contributed by atoms with van der Waals surface area (Å²) in [5.74, 6) is -2.49. The van der Waals surface area contributed by atoms with Crippen molar-refractivity contribution >= 4 is 63.8 Å². The summed E-state index contributed by atoms with van der Waals surface area (Å²) in [4.78, 5) is 58.3. The highest BCUT2D eigenvalue weighted by molar-refractivity contribution is 8.00. The number of aromatic amines is 1. The van der Waals surface area contributed by atoms with Crippen molar-refractivity contribution in [3.05, 3.63) is 103 Å². The van der Waals surface area contributed by atoms with Crippen molar-refractivity contribution in [2.75, 3.05) is 16.8 Å². The van der Waals surface area contributed by atoms with Gasteiger partial charge < -0.3 is 15.0 Å². The van der Waals surface area contributed by atoms with Crippen LogP contribution in [0.5, 0.6) is 5.75 Å². The van der Waals surface area contributed by atoms with Gasteiger partial charge in [-0.3, -0.25) is 24.1 Å². The Hall–Kier alpha value is -3.93. The van der Waals surface area contributed by atoms with Crippen LogP contribution < -0.4 is 19.8 Å². The molecule has 1 aromatic heterocycles. The SMILES string of the molecule is Cc1cccc(NC(=O)COc2ccc(Cl)cc2[C@H]2c3sc(=O)[nH]c3SC3C2[C@H]2C[C@@H]3C3C(=O)N(c4ccc(F)cc4)C(=O)C32)c1. The molecular weight excluding hydrogens is 649 g/mol. The topological polar surface area (TPSA) is 109 Å². The Bertz CT molecular complexity index is 1980. The predicted octanol–water partition coefficient (Wildman–Crippen LogP) is 6.23. The maximum Gasteiger partial charge on any atom is 0.305 e. The lowest BCUT2D eigenvalue weighted by atomic mass is 9.68. The van der Waals surface area contributed by atoms with E-state index >= 15 is 0 Å². The summed E-state index contributed by atoms with van der Waals surface area (Å²) >= 11 is 9.27. The Balaban J connectivity index is 1.14. The number of H-pyrrole nitrogens is 1. The summed E-state index contributed by atoms with van der Waals surface area (Å²) in [5, 5.41) is 4.04. The second kappa shape index (κ2) is 11.1. The standard InChI is InChI=1S/C34H27ClFN3O5S2/c1-15-3-2-4-18(11-15)37-24(40)14-44-23-10-5-16(35)12-20(23)25-26-21-13-22(29(26)45-31-30(25)46-34(43)38-31)28-27(21)32(41)39(33(28)42)19-8-6-17(36)7-9-19/h2-12,21-22,25-29H,13-14H2,1H3,(H,37,40)(H,38,43)/t21-,22-,25-,26?,27?,28?,29?/m1/s1. The Morgan fingerprint density at radius 3 is 2.57 bits per heavy atom. The molecule has 46 heavy (non-hydrogen) atoms. The van der Waals surface area contributed by atoms with Crippen molar-refractivity contribution < 1.29 is 23.5 Å². The van der Waals surface area contributed by atoms with E-state index in [-0.39, 0.29) is 58.1 Å². The number of thioether (sulfide) groups is 1. The van der Waals surface area contributed by atoms with Gasteiger partial charge in [0.05, 0.1) is 22.5 Å². The fourth-order valence-corrected chi connectivity index (χ4v) is 11.2. The first-order valence-corrected chi connectivity index (χ1v) is 17.1. The van der Waals surface area contributed by atoms with Crippen LogP contribution >= 0.6 is 34.7 Å². The minimum absolute atomic E-state index is 0.0460. The monoisotopic (exact) mass is 675 g/mol. The third-order valence-corrected chi connectivity index (χ3v) is 12.6. The number of aromatic nitrogens is 1. The number of carbonyl (C=O) groups excluding carboxylic acids is 3. The van der Waals surface area contributed by atoms with Crippen molar-refractivity contribution in [2.24, 2.45) is 29.6 Å². The van der Waals surface area contributed by atoms with Gasteiger partial charge in [-0.15, -0.1) is 11.8 Å². The van der Waals surface area contributed by atoms with Crippen LogP contribution in [-0.2, 0) is 14.4 Å². The number of fused-ring (bicyclic) bond motifs is 9. The minimum atomic E-state index is -0.521.